The molecule has 1 saturated carbocycles. The van der Waals surface area contributed by atoms with Crippen molar-refractivity contribution in [1.82, 2.24) is 4.98 Å². The lowest BCUT2D eigenvalue weighted by Gasteiger charge is -2.06. The molecule has 0 aliphatic heterocycles. The fourth-order valence-electron chi connectivity index (χ4n) is 2.95. The van der Waals surface area contributed by atoms with E-state index in [1.165, 1.54) is 5.56 Å². The van der Waals surface area contributed by atoms with Gasteiger partial charge in [0.2, 0.25) is 5.91 Å². The number of carbonyl (C=O) groups is 1. The van der Waals surface area contributed by atoms with Crippen molar-refractivity contribution in [2.24, 2.45) is 5.92 Å². The number of hydrogen-bond donors (Lipinski definition) is 1. The van der Waals surface area contributed by atoms with Crippen molar-refractivity contribution in [3.63, 3.8) is 0 Å². The Labute approximate surface area is 143 Å². The number of amides is 1. The lowest BCUT2D eigenvalue weighted by Crippen LogP contribution is -2.14. The van der Waals surface area contributed by atoms with Crippen LogP contribution in [0, 0.1) is 5.92 Å². The SMILES string of the molecule is C.C.O=C(Nc1ccc2cnccc2c1)[C@@H]1C[C@H]1c1ccccc1. The Balaban J connectivity index is 0.00000104. The summed E-state index contributed by atoms with van der Waals surface area (Å²) in [7, 11) is 0. The molecule has 1 amide bonds. The topological polar surface area (TPSA) is 42.0 Å². The molecule has 0 radical (unpaired) electrons. The second kappa shape index (κ2) is 7.26. The number of nitrogens with one attached hydrogen (secondary N) is 1. The van der Waals surface area contributed by atoms with E-state index in [0.29, 0.717) is 5.92 Å². The van der Waals surface area contributed by atoms with Crippen LogP contribution in [0.2, 0.25) is 0 Å². The smallest absolute Gasteiger partial charge is 0.228 e. The molecule has 3 nitrogen and oxygen atoms in total. The lowest BCUT2D eigenvalue weighted by molar-refractivity contribution is -0.117. The number of hydrogen-bond acceptors (Lipinski definition) is 2. The van der Waals surface area contributed by atoms with Crippen molar-refractivity contribution >= 4 is 22.4 Å². The van der Waals surface area contributed by atoms with Crippen molar-refractivity contribution in [1.29, 1.82) is 0 Å². The number of pyridine rings is 1. The Kier molecular flexibility index (Phi) is 5.35. The van der Waals surface area contributed by atoms with E-state index in [4.69, 9.17) is 0 Å². The highest BCUT2D eigenvalue weighted by Crippen LogP contribution is 2.47. The average Bonchev–Trinajstić information content (AvgIpc) is 3.36. The Morgan fingerprint density at radius 1 is 1.00 bits per heavy atom. The van der Waals surface area contributed by atoms with Crippen LogP contribution >= 0.6 is 0 Å². The largest absolute Gasteiger partial charge is 0.326 e. The molecule has 0 bridgehead atoms. The van der Waals surface area contributed by atoms with Crippen LogP contribution in [0.25, 0.3) is 10.8 Å². The molecule has 1 heterocycles. The second-order valence-corrected chi connectivity index (χ2v) is 5.79. The number of benzene rings is 2. The van der Waals surface area contributed by atoms with Gasteiger partial charge in [-0.3, -0.25) is 9.78 Å². The molecule has 0 spiro atoms. The zero-order valence-corrected chi connectivity index (χ0v) is 12.1. The van der Waals surface area contributed by atoms with Crippen molar-refractivity contribution in [3.05, 3.63) is 72.6 Å². The van der Waals surface area contributed by atoms with Gasteiger partial charge in [0.25, 0.3) is 0 Å². The number of nitrogens with zero attached hydrogens (tertiary/aromatic N) is 1. The van der Waals surface area contributed by atoms with Crippen LogP contribution in [0.3, 0.4) is 0 Å². The van der Waals surface area contributed by atoms with Gasteiger partial charge in [-0.05, 0) is 41.5 Å². The first-order chi connectivity index (χ1) is 10.8. The van der Waals surface area contributed by atoms with Crippen LogP contribution in [0.4, 0.5) is 5.69 Å². The molecule has 4 rings (SSSR count). The standard InChI is InChI=1S/C19H16N2O.2CH4/c22-19(18-11-17(18)13-4-2-1-3-5-13)21-16-7-6-15-12-20-9-8-14(15)10-16;;/h1-10,12,17-18H,11H2,(H,21,22);2*1H4/t17-,18+;;/m0../s1. The van der Waals surface area contributed by atoms with Crippen LogP contribution in [0.1, 0.15) is 32.8 Å². The van der Waals surface area contributed by atoms with E-state index in [0.717, 1.165) is 22.9 Å². The maximum absolute atomic E-state index is 12.4. The van der Waals surface area contributed by atoms with Crippen LogP contribution in [-0.2, 0) is 4.79 Å². The van der Waals surface area contributed by atoms with Gasteiger partial charge in [-0.1, -0.05) is 51.3 Å². The first kappa shape index (κ1) is 17.7. The van der Waals surface area contributed by atoms with Gasteiger partial charge in [0.05, 0.1) is 0 Å². The summed E-state index contributed by atoms with van der Waals surface area (Å²) in [6.45, 7) is 0. The van der Waals surface area contributed by atoms with Gasteiger partial charge in [0.15, 0.2) is 0 Å². The molecule has 1 aromatic heterocycles. The third kappa shape index (κ3) is 3.46. The molecule has 2 aromatic carbocycles. The molecule has 1 fully saturated rings. The van der Waals surface area contributed by atoms with E-state index < -0.39 is 0 Å². The molecule has 3 heteroatoms. The molecule has 0 unspecified atom stereocenters. The van der Waals surface area contributed by atoms with E-state index in [2.05, 4.69) is 22.4 Å². The molecular weight excluding hydrogens is 296 g/mol. The Hall–Kier alpha value is -2.68. The summed E-state index contributed by atoms with van der Waals surface area (Å²) in [6.07, 6.45) is 4.53. The Morgan fingerprint density at radius 3 is 2.58 bits per heavy atom. The van der Waals surface area contributed by atoms with Crippen molar-refractivity contribution in [2.45, 2.75) is 27.2 Å². The average molecular weight is 320 g/mol. The minimum Gasteiger partial charge on any atom is -0.326 e. The van der Waals surface area contributed by atoms with E-state index in [1.807, 2.05) is 48.7 Å². The minimum atomic E-state index is 0. The van der Waals surface area contributed by atoms with E-state index in [1.54, 1.807) is 6.20 Å². The number of carbonyl (C=O) groups excluding carboxylic acids is 1. The first-order valence-corrected chi connectivity index (χ1v) is 7.51. The monoisotopic (exact) mass is 320 g/mol. The van der Waals surface area contributed by atoms with Gasteiger partial charge in [0, 0.05) is 29.4 Å². The third-order valence-corrected chi connectivity index (χ3v) is 4.26. The van der Waals surface area contributed by atoms with Crippen LogP contribution < -0.4 is 5.32 Å². The molecular formula is C21H24N2O. The van der Waals surface area contributed by atoms with Crippen LogP contribution in [0.5, 0.6) is 0 Å². The minimum absolute atomic E-state index is 0. The van der Waals surface area contributed by atoms with E-state index in [9.17, 15) is 4.79 Å². The summed E-state index contributed by atoms with van der Waals surface area (Å²) in [4.78, 5) is 16.5. The van der Waals surface area contributed by atoms with Gasteiger partial charge >= 0.3 is 0 Å². The van der Waals surface area contributed by atoms with Gasteiger partial charge in [0.1, 0.15) is 0 Å². The van der Waals surface area contributed by atoms with E-state index in [-0.39, 0.29) is 26.7 Å². The van der Waals surface area contributed by atoms with Gasteiger partial charge < -0.3 is 5.32 Å². The molecule has 3 aromatic rings. The fraction of sp³-hybridized carbons (Fsp3) is 0.238. The number of fused-ring (bicyclic) bond motifs is 1. The normalized spacial score (nSPS) is 18.2. The predicted octanol–water partition coefficient (Wildman–Crippen LogP) is 5.25. The summed E-state index contributed by atoms with van der Waals surface area (Å²) in [5.74, 6) is 0.573. The van der Waals surface area contributed by atoms with Gasteiger partial charge in [-0.25, -0.2) is 0 Å². The number of anilines is 1. The lowest BCUT2D eigenvalue weighted by atomic mass is 10.1. The predicted molar refractivity (Wildman–Crippen MR) is 101 cm³/mol. The Morgan fingerprint density at radius 2 is 1.79 bits per heavy atom. The molecule has 1 N–H and O–H groups in total. The molecule has 1 aliphatic carbocycles. The van der Waals surface area contributed by atoms with Gasteiger partial charge in [-0.15, -0.1) is 0 Å². The highest BCUT2D eigenvalue weighted by Gasteiger charge is 2.43. The van der Waals surface area contributed by atoms with Crippen molar-refractivity contribution in [2.75, 3.05) is 5.32 Å². The molecule has 0 saturated heterocycles. The zero-order valence-electron chi connectivity index (χ0n) is 12.1. The first-order valence-electron chi connectivity index (χ1n) is 7.51. The molecule has 24 heavy (non-hydrogen) atoms. The maximum Gasteiger partial charge on any atom is 0.228 e. The van der Waals surface area contributed by atoms with Crippen LogP contribution in [-0.4, -0.2) is 10.9 Å². The van der Waals surface area contributed by atoms with Crippen LogP contribution in [0.15, 0.2) is 67.0 Å². The highest BCUT2D eigenvalue weighted by atomic mass is 16.2. The fourth-order valence-corrected chi connectivity index (χ4v) is 2.95. The quantitative estimate of drug-likeness (QED) is 0.716. The molecule has 2 atom stereocenters. The Bertz CT molecular complexity index is 829. The molecule has 1 aliphatic rings. The molecule has 124 valence electrons. The maximum atomic E-state index is 12.4. The summed E-state index contributed by atoms with van der Waals surface area (Å²) < 4.78 is 0. The number of rotatable bonds is 3. The highest BCUT2D eigenvalue weighted by molar-refractivity contribution is 5.97. The van der Waals surface area contributed by atoms with E-state index >= 15 is 0 Å². The number of aromatic nitrogens is 1. The second-order valence-electron chi connectivity index (χ2n) is 5.79. The third-order valence-electron chi connectivity index (χ3n) is 4.26. The summed E-state index contributed by atoms with van der Waals surface area (Å²) in [6, 6.07) is 18.1. The summed E-state index contributed by atoms with van der Waals surface area (Å²) in [5, 5.41) is 5.20. The van der Waals surface area contributed by atoms with Crippen molar-refractivity contribution < 1.29 is 4.79 Å². The van der Waals surface area contributed by atoms with Gasteiger partial charge in [-0.2, -0.15) is 0 Å². The van der Waals surface area contributed by atoms with Crippen molar-refractivity contribution in [3.8, 4) is 0 Å². The summed E-state index contributed by atoms with van der Waals surface area (Å²) >= 11 is 0. The summed E-state index contributed by atoms with van der Waals surface area (Å²) in [5.41, 5.74) is 2.11. The zero-order chi connectivity index (χ0) is 14.9.